The van der Waals surface area contributed by atoms with Crippen molar-refractivity contribution in [3.63, 3.8) is 0 Å². The third-order valence-corrected chi connectivity index (χ3v) is 6.15. The van der Waals surface area contributed by atoms with Crippen LogP contribution in [0.4, 0.5) is 17.6 Å². The third kappa shape index (κ3) is 7.58. The van der Waals surface area contributed by atoms with Crippen molar-refractivity contribution < 1.29 is 46.8 Å². The number of carbonyl (C=O) groups is 2. The van der Waals surface area contributed by atoms with E-state index in [1.54, 1.807) is 30.3 Å². The average molecular weight is 620 g/mol. The lowest BCUT2D eigenvalue weighted by atomic mass is 9.90. The largest absolute Gasteiger partial charge is 0.493 e. The highest BCUT2D eigenvalue weighted by Gasteiger charge is 2.38. The molecule has 4 rings (SSSR count). The predicted octanol–water partition coefficient (Wildman–Crippen LogP) is 3.71. The molecule has 4 aromatic rings. The van der Waals surface area contributed by atoms with Gasteiger partial charge in [0.2, 0.25) is 0 Å². The van der Waals surface area contributed by atoms with E-state index >= 15 is 4.39 Å². The summed E-state index contributed by atoms with van der Waals surface area (Å²) in [7, 11) is 2.82. The molecule has 0 saturated carbocycles. The number of methoxy groups -OCH3 is 2. The van der Waals surface area contributed by atoms with Gasteiger partial charge in [0.25, 0.3) is 0 Å². The van der Waals surface area contributed by atoms with E-state index in [2.05, 4.69) is 10.1 Å². The van der Waals surface area contributed by atoms with Crippen LogP contribution in [-0.4, -0.2) is 63.1 Å². The summed E-state index contributed by atoms with van der Waals surface area (Å²) < 4.78 is 58.6. The van der Waals surface area contributed by atoms with E-state index in [1.165, 1.54) is 44.6 Å². The number of benzene rings is 3. The number of aromatic amines is 1. The van der Waals surface area contributed by atoms with Gasteiger partial charge in [0.15, 0.2) is 11.5 Å². The molecule has 0 spiro atoms. The van der Waals surface area contributed by atoms with Crippen molar-refractivity contribution in [2.75, 3.05) is 14.2 Å². The molecular weight excluding hydrogens is 594 g/mol. The summed E-state index contributed by atoms with van der Waals surface area (Å²) in [6.45, 7) is 0. The van der Waals surface area contributed by atoms with Crippen LogP contribution in [0.25, 0.3) is 5.69 Å². The number of nitrogens with one attached hydrogen (secondary N) is 2. The fourth-order valence-corrected chi connectivity index (χ4v) is 4.05. The summed E-state index contributed by atoms with van der Waals surface area (Å²) in [6, 6.07) is 15.5. The van der Waals surface area contributed by atoms with Crippen molar-refractivity contribution >= 4 is 17.8 Å². The molecule has 0 fully saturated rings. The summed E-state index contributed by atoms with van der Waals surface area (Å²) in [5, 5.41) is 28.6. The van der Waals surface area contributed by atoms with Gasteiger partial charge in [0.1, 0.15) is 17.5 Å². The van der Waals surface area contributed by atoms with E-state index in [9.17, 15) is 27.9 Å². The number of amidine groups is 1. The zero-order valence-electron chi connectivity index (χ0n) is 23.0. The smallest absolute Gasteiger partial charge is 0.490 e. The molecule has 0 aliphatic rings. The topological polar surface area (TPSA) is 194 Å². The second-order valence-electron chi connectivity index (χ2n) is 8.95. The van der Waals surface area contributed by atoms with Gasteiger partial charge in [-0.05, 0) is 30.2 Å². The molecule has 44 heavy (non-hydrogen) atoms. The summed E-state index contributed by atoms with van der Waals surface area (Å²) in [6.07, 6.45) is -4.88. The molecule has 1 aromatic heterocycles. The maximum absolute atomic E-state index is 15.4. The maximum atomic E-state index is 15.4. The highest BCUT2D eigenvalue weighted by Crippen LogP contribution is 2.36. The van der Waals surface area contributed by atoms with Crippen molar-refractivity contribution in [2.24, 2.45) is 5.73 Å². The number of carboxylic acids is 2. The molecule has 16 heteroatoms. The first-order valence-corrected chi connectivity index (χ1v) is 12.3. The van der Waals surface area contributed by atoms with E-state index < -0.39 is 35.5 Å². The SMILES string of the molecule is COc1cc(F)c(C(Cc2ccc(C(=N)N)cc2)c2nn(-c3ccccc3C(=O)O)c(=O)[nH]2)cc1OC.O=C(O)C(F)(F)F. The average Bonchev–Trinajstić information content (AvgIpc) is 3.36. The van der Waals surface area contributed by atoms with Crippen molar-refractivity contribution in [2.45, 2.75) is 18.5 Å². The number of hydrogen-bond donors (Lipinski definition) is 5. The highest BCUT2D eigenvalue weighted by atomic mass is 19.4. The maximum Gasteiger partial charge on any atom is 0.490 e. The summed E-state index contributed by atoms with van der Waals surface area (Å²) in [5.74, 6) is -4.87. The van der Waals surface area contributed by atoms with Gasteiger partial charge in [-0.1, -0.05) is 36.4 Å². The van der Waals surface area contributed by atoms with Crippen LogP contribution >= 0.6 is 0 Å². The molecule has 1 heterocycles. The number of aromatic nitrogens is 3. The second-order valence-corrected chi connectivity index (χ2v) is 8.95. The second kappa shape index (κ2) is 13.5. The molecule has 6 N–H and O–H groups in total. The Hall–Kier alpha value is -5.67. The molecule has 1 atom stereocenters. The molecule has 0 amide bonds. The fraction of sp³-hybridized carbons (Fsp3) is 0.179. The normalized spacial score (nSPS) is 11.6. The molecule has 232 valence electrons. The standard InChI is InChI=1S/C26H24FN5O5.C2HF3O2/c1-36-21-12-17(19(27)13-22(21)37-2)18(11-14-7-9-15(10-8-14)23(28)29)24-30-26(35)32(31-24)20-6-4-3-5-16(20)25(33)34;3-2(4,5)1(6)7/h3-10,12-13,18H,11H2,1-2H3,(H3,28,29)(H,33,34)(H,30,31,35);(H,6,7). The Morgan fingerprint density at radius 3 is 2.14 bits per heavy atom. The Morgan fingerprint density at radius 2 is 1.61 bits per heavy atom. The van der Waals surface area contributed by atoms with Crippen molar-refractivity contribution in [1.29, 1.82) is 5.41 Å². The minimum absolute atomic E-state index is 0.0693. The van der Waals surface area contributed by atoms with Crippen LogP contribution in [0.1, 0.15) is 38.8 Å². The van der Waals surface area contributed by atoms with Crippen molar-refractivity contribution in [3.05, 3.63) is 105 Å². The van der Waals surface area contributed by atoms with Crippen LogP contribution in [0.2, 0.25) is 0 Å². The number of rotatable bonds is 9. The van der Waals surface area contributed by atoms with Crippen LogP contribution in [0.5, 0.6) is 11.5 Å². The first kappa shape index (κ1) is 32.8. The van der Waals surface area contributed by atoms with E-state index in [1.807, 2.05) is 0 Å². The quantitative estimate of drug-likeness (QED) is 0.105. The molecule has 0 saturated heterocycles. The van der Waals surface area contributed by atoms with Gasteiger partial charge in [-0.15, -0.1) is 5.10 Å². The molecule has 0 bridgehead atoms. The van der Waals surface area contributed by atoms with Crippen molar-refractivity contribution in [3.8, 4) is 17.2 Å². The summed E-state index contributed by atoms with van der Waals surface area (Å²) in [5.41, 5.74) is 6.29. The molecule has 0 aliphatic carbocycles. The van der Waals surface area contributed by atoms with Crippen LogP contribution in [-0.2, 0) is 11.2 Å². The Kier molecular flexibility index (Phi) is 10.1. The number of nitrogens with zero attached hydrogens (tertiary/aromatic N) is 2. The molecule has 0 aliphatic heterocycles. The molecule has 0 radical (unpaired) electrons. The molecular formula is C28H25F4N5O7. The van der Waals surface area contributed by atoms with Gasteiger partial charge in [-0.3, -0.25) is 10.4 Å². The Bertz CT molecular complexity index is 1730. The number of nitrogens with two attached hydrogens (primary N) is 1. The minimum Gasteiger partial charge on any atom is -0.493 e. The number of nitrogen functional groups attached to an aromatic ring is 1. The third-order valence-electron chi connectivity index (χ3n) is 6.15. The van der Waals surface area contributed by atoms with Gasteiger partial charge in [0, 0.05) is 17.2 Å². The Morgan fingerprint density at radius 1 is 1.05 bits per heavy atom. The van der Waals surface area contributed by atoms with Gasteiger partial charge in [-0.2, -0.15) is 17.9 Å². The Balaban J connectivity index is 0.000000676. The fourth-order valence-electron chi connectivity index (χ4n) is 4.05. The molecule has 12 nitrogen and oxygen atoms in total. The van der Waals surface area contributed by atoms with E-state index in [0.717, 1.165) is 10.2 Å². The molecule has 3 aromatic carbocycles. The van der Waals surface area contributed by atoms with Gasteiger partial charge < -0.3 is 25.4 Å². The number of halogens is 4. The number of alkyl halides is 3. The van der Waals surface area contributed by atoms with E-state index in [4.69, 9.17) is 30.5 Å². The van der Waals surface area contributed by atoms with Gasteiger partial charge in [0.05, 0.1) is 31.4 Å². The number of hydrogen-bond acceptors (Lipinski definition) is 7. The number of aliphatic carboxylic acids is 1. The number of H-pyrrole nitrogens is 1. The number of ether oxygens (including phenoxy) is 2. The molecule has 1 unspecified atom stereocenters. The van der Waals surface area contributed by atoms with E-state index in [-0.39, 0.29) is 46.4 Å². The zero-order valence-corrected chi connectivity index (χ0v) is 23.0. The van der Waals surface area contributed by atoms with Crippen LogP contribution < -0.4 is 20.9 Å². The zero-order chi connectivity index (χ0) is 32.8. The monoisotopic (exact) mass is 619 g/mol. The van der Waals surface area contributed by atoms with Crippen LogP contribution in [0.15, 0.2) is 65.5 Å². The predicted molar refractivity (Wildman–Crippen MR) is 147 cm³/mol. The minimum atomic E-state index is -5.08. The lowest BCUT2D eigenvalue weighted by Crippen LogP contribution is -2.21. The number of carboxylic acid groups (broad SMARTS) is 2. The highest BCUT2D eigenvalue weighted by molar-refractivity contribution is 5.94. The van der Waals surface area contributed by atoms with E-state index in [0.29, 0.717) is 5.56 Å². The van der Waals surface area contributed by atoms with Crippen LogP contribution in [0.3, 0.4) is 0 Å². The lowest BCUT2D eigenvalue weighted by Gasteiger charge is -2.18. The van der Waals surface area contributed by atoms with Gasteiger partial charge in [-0.25, -0.2) is 18.8 Å². The Labute approximate surface area is 245 Å². The number of aromatic carboxylic acids is 1. The number of para-hydroxylation sites is 1. The first-order chi connectivity index (χ1) is 20.7. The lowest BCUT2D eigenvalue weighted by molar-refractivity contribution is -0.192. The summed E-state index contributed by atoms with van der Waals surface area (Å²) in [4.78, 5) is 36.2. The van der Waals surface area contributed by atoms with Crippen LogP contribution in [0, 0.1) is 11.2 Å². The first-order valence-electron chi connectivity index (χ1n) is 12.3. The van der Waals surface area contributed by atoms with Gasteiger partial charge >= 0.3 is 23.8 Å². The summed E-state index contributed by atoms with van der Waals surface area (Å²) >= 11 is 0. The van der Waals surface area contributed by atoms with Crippen molar-refractivity contribution in [1.82, 2.24) is 14.8 Å².